The number of rotatable bonds is 7. The third-order valence-corrected chi connectivity index (χ3v) is 7.22. The lowest BCUT2D eigenvalue weighted by Gasteiger charge is -2.08. The maximum atomic E-state index is 12.9. The maximum Gasteiger partial charge on any atom is 0.254 e. The number of hydrogen-bond donors (Lipinski definition) is 1. The van der Waals surface area contributed by atoms with Gasteiger partial charge in [0.05, 0.1) is 28.0 Å². The molecule has 1 amide bonds. The zero-order chi connectivity index (χ0) is 22.8. The quantitative estimate of drug-likeness (QED) is 0.298. The average Bonchev–Trinajstić information content (AvgIpc) is 3.55. The number of fused-ring (bicyclic) bond motifs is 1. The van der Waals surface area contributed by atoms with Crippen molar-refractivity contribution in [2.24, 2.45) is 0 Å². The zero-order valence-electron chi connectivity index (χ0n) is 18.0. The summed E-state index contributed by atoms with van der Waals surface area (Å²) in [6.07, 6.45) is 1.68. The van der Waals surface area contributed by atoms with Gasteiger partial charge in [0.1, 0.15) is 16.5 Å². The highest BCUT2D eigenvalue weighted by molar-refractivity contribution is 7.98. The number of nitrogens with one attached hydrogen (secondary N) is 1. The predicted molar refractivity (Wildman–Crippen MR) is 128 cm³/mol. The Morgan fingerprint density at radius 2 is 2.00 bits per heavy atom. The van der Waals surface area contributed by atoms with E-state index in [0.29, 0.717) is 27.9 Å². The number of benzene rings is 1. The molecule has 0 unspecified atom stereocenters. The van der Waals surface area contributed by atoms with Gasteiger partial charge in [-0.3, -0.25) is 4.79 Å². The number of carbonyl (C=O) groups is 1. The molecule has 5 aromatic rings. The van der Waals surface area contributed by atoms with Crippen molar-refractivity contribution in [3.63, 3.8) is 0 Å². The molecule has 0 saturated carbocycles. The van der Waals surface area contributed by atoms with Crippen LogP contribution in [-0.4, -0.2) is 21.0 Å². The summed E-state index contributed by atoms with van der Waals surface area (Å²) in [4.78, 5) is 21.9. The fraction of sp³-hybridized carbons (Fsp3) is 0.167. The van der Waals surface area contributed by atoms with Gasteiger partial charge < -0.3 is 14.3 Å². The smallest absolute Gasteiger partial charge is 0.254 e. The first-order chi connectivity index (χ1) is 16.1. The molecule has 33 heavy (non-hydrogen) atoms. The number of pyridine rings is 1. The van der Waals surface area contributed by atoms with Gasteiger partial charge in [-0.1, -0.05) is 17.3 Å². The van der Waals surface area contributed by atoms with Crippen LogP contribution >= 0.6 is 23.1 Å². The molecular weight excluding hydrogens is 456 g/mol. The lowest BCUT2D eigenvalue weighted by Crippen LogP contribution is -2.23. The van der Waals surface area contributed by atoms with Crippen molar-refractivity contribution in [2.45, 2.75) is 31.2 Å². The largest absolute Gasteiger partial charge is 0.457 e. The number of nitrogens with zero attached hydrogens (tertiary/aromatic N) is 3. The van der Waals surface area contributed by atoms with Crippen LogP contribution in [0.5, 0.6) is 0 Å². The van der Waals surface area contributed by atoms with Crippen molar-refractivity contribution >= 4 is 39.2 Å². The van der Waals surface area contributed by atoms with E-state index in [1.807, 2.05) is 50.2 Å². The van der Waals surface area contributed by atoms with E-state index in [-0.39, 0.29) is 12.5 Å². The highest BCUT2D eigenvalue weighted by Crippen LogP contribution is 2.31. The Kier molecular flexibility index (Phi) is 5.97. The summed E-state index contributed by atoms with van der Waals surface area (Å²) in [5, 5.41) is 8.39. The number of aryl methyl sites for hydroxylation is 2. The predicted octanol–water partition coefficient (Wildman–Crippen LogP) is 5.78. The molecule has 0 saturated heterocycles. The van der Waals surface area contributed by atoms with Crippen molar-refractivity contribution in [3.8, 4) is 10.8 Å². The second kappa shape index (κ2) is 9.21. The molecule has 0 atom stereocenters. The van der Waals surface area contributed by atoms with Crippen LogP contribution < -0.4 is 5.32 Å². The van der Waals surface area contributed by atoms with Gasteiger partial charge in [0.15, 0.2) is 10.8 Å². The molecule has 0 radical (unpaired) electrons. The van der Waals surface area contributed by atoms with Gasteiger partial charge in [-0.15, -0.1) is 23.1 Å². The number of thiazole rings is 1. The zero-order valence-corrected chi connectivity index (χ0v) is 19.6. The van der Waals surface area contributed by atoms with Crippen molar-refractivity contribution < 1.29 is 13.7 Å². The monoisotopic (exact) mass is 476 g/mol. The standard InChI is InChI=1S/C24H20N4O3S2/c1-14-18(15(2)31-28-14)13-32-23-17(6-5-11-25-23)22(29)26-12-16-9-10-20(30-16)24-27-19-7-3-4-8-21(19)33-24/h3-11H,12-13H2,1-2H3,(H,26,29). The van der Waals surface area contributed by atoms with E-state index >= 15 is 0 Å². The fourth-order valence-corrected chi connectivity index (χ4v) is 5.43. The lowest BCUT2D eigenvalue weighted by atomic mass is 10.2. The van der Waals surface area contributed by atoms with Crippen LogP contribution in [0.25, 0.3) is 21.0 Å². The van der Waals surface area contributed by atoms with E-state index < -0.39 is 0 Å². The third kappa shape index (κ3) is 4.55. The SMILES string of the molecule is Cc1noc(C)c1CSc1ncccc1C(=O)NCc1ccc(-c2nc3ccccc3s2)o1. The topological polar surface area (TPSA) is 94.0 Å². The molecule has 0 aliphatic heterocycles. The molecule has 5 rings (SSSR count). The van der Waals surface area contributed by atoms with Crippen LogP contribution in [0.1, 0.15) is 33.1 Å². The van der Waals surface area contributed by atoms with Crippen LogP contribution in [0.15, 0.2) is 68.7 Å². The van der Waals surface area contributed by atoms with Gasteiger partial charge in [-0.05, 0) is 50.2 Å². The first-order valence-electron chi connectivity index (χ1n) is 10.3. The van der Waals surface area contributed by atoms with E-state index in [2.05, 4.69) is 20.4 Å². The summed E-state index contributed by atoms with van der Waals surface area (Å²) < 4.78 is 12.3. The van der Waals surface area contributed by atoms with Crippen molar-refractivity contribution in [1.82, 2.24) is 20.4 Å². The molecule has 166 valence electrons. The van der Waals surface area contributed by atoms with Gasteiger partial charge in [-0.2, -0.15) is 0 Å². The van der Waals surface area contributed by atoms with Gasteiger partial charge in [0, 0.05) is 17.5 Å². The summed E-state index contributed by atoms with van der Waals surface area (Å²) in [6, 6.07) is 15.2. The van der Waals surface area contributed by atoms with Crippen molar-refractivity contribution in [2.75, 3.05) is 0 Å². The summed E-state index contributed by atoms with van der Waals surface area (Å²) in [5.41, 5.74) is 3.34. The van der Waals surface area contributed by atoms with E-state index in [4.69, 9.17) is 8.94 Å². The first-order valence-corrected chi connectivity index (χ1v) is 12.1. The molecule has 9 heteroatoms. The molecule has 0 aliphatic carbocycles. The molecule has 7 nitrogen and oxygen atoms in total. The molecule has 0 bridgehead atoms. The van der Waals surface area contributed by atoms with Crippen LogP contribution in [0.4, 0.5) is 0 Å². The summed E-state index contributed by atoms with van der Waals surface area (Å²) in [6.45, 7) is 4.06. The van der Waals surface area contributed by atoms with Gasteiger partial charge in [0.25, 0.3) is 5.91 Å². The highest BCUT2D eigenvalue weighted by Gasteiger charge is 2.16. The number of thioether (sulfide) groups is 1. The Hall–Kier alpha value is -3.43. The van der Waals surface area contributed by atoms with E-state index in [1.54, 1.807) is 29.7 Å². The molecule has 0 aliphatic rings. The van der Waals surface area contributed by atoms with Gasteiger partial charge in [-0.25, -0.2) is 9.97 Å². The van der Waals surface area contributed by atoms with Crippen LogP contribution in [0.3, 0.4) is 0 Å². The third-order valence-electron chi connectivity index (χ3n) is 5.14. The molecule has 1 aromatic carbocycles. The summed E-state index contributed by atoms with van der Waals surface area (Å²) >= 11 is 3.06. The van der Waals surface area contributed by atoms with Crippen LogP contribution in [-0.2, 0) is 12.3 Å². The lowest BCUT2D eigenvalue weighted by molar-refractivity contribution is 0.0944. The second-order valence-electron chi connectivity index (χ2n) is 7.38. The minimum absolute atomic E-state index is 0.206. The summed E-state index contributed by atoms with van der Waals surface area (Å²) in [5.74, 6) is 2.55. The van der Waals surface area contributed by atoms with Crippen LogP contribution in [0.2, 0.25) is 0 Å². The fourth-order valence-electron chi connectivity index (χ4n) is 3.36. The average molecular weight is 477 g/mol. The highest BCUT2D eigenvalue weighted by atomic mass is 32.2. The molecule has 0 spiro atoms. The Labute approximate surface area is 198 Å². The first kappa shape index (κ1) is 21.4. The van der Waals surface area contributed by atoms with Crippen LogP contribution in [0, 0.1) is 13.8 Å². The Morgan fingerprint density at radius 1 is 1.12 bits per heavy atom. The number of para-hydroxylation sites is 1. The van der Waals surface area contributed by atoms with Gasteiger partial charge >= 0.3 is 0 Å². The van der Waals surface area contributed by atoms with Crippen molar-refractivity contribution in [1.29, 1.82) is 0 Å². The number of hydrogen-bond acceptors (Lipinski definition) is 8. The van der Waals surface area contributed by atoms with E-state index in [0.717, 1.165) is 32.2 Å². The Bertz CT molecular complexity index is 1380. The Balaban J connectivity index is 1.25. The molecular formula is C24H20N4O3S2. The molecule has 0 fully saturated rings. The van der Waals surface area contributed by atoms with Gasteiger partial charge in [0.2, 0.25) is 0 Å². The van der Waals surface area contributed by atoms with Crippen molar-refractivity contribution in [3.05, 3.63) is 83.1 Å². The molecule has 4 heterocycles. The minimum Gasteiger partial charge on any atom is -0.457 e. The Morgan fingerprint density at radius 3 is 2.82 bits per heavy atom. The molecule has 1 N–H and O–H groups in total. The van der Waals surface area contributed by atoms with E-state index in [9.17, 15) is 4.79 Å². The number of amides is 1. The number of carbonyl (C=O) groups excluding carboxylic acids is 1. The van der Waals surface area contributed by atoms with E-state index in [1.165, 1.54) is 11.8 Å². The maximum absolute atomic E-state index is 12.9. The number of aromatic nitrogens is 3. The minimum atomic E-state index is -0.206. The number of furan rings is 1. The molecule has 4 aromatic heterocycles. The normalized spacial score (nSPS) is 11.2. The summed E-state index contributed by atoms with van der Waals surface area (Å²) in [7, 11) is 0. The second-order valence-corrected chi connectivity index (χ2v) is 9.38.